The van der Waals surface area contributed by atoms with Crippen LogP contribution in [0.4, 0.5) is 4.79 Å². The van der Waals surface area contributed by atoms with E-state index in [4.69, 9.17) is 0 Å². The maximum absolute atomic E-state index is 11.1. The second kappa shape index (κ2) is 3.54. The summed E-state index contributed by atoms with van der Waals surface area (Å²) in [5.74, 6) is 0. The molecule has 1 aromatic carbocycles. The van der Waals surface area contributed by atoms with Crippen LogP contribution in [0.1, 0.15) is 18.9 Å². The summed E-state index contributed by atoms with van der Waals surface area (Å²) in [5.41, 5.74) is 2.63. The summed E-state index contributed by atoms with van der Waals surface area (Å²) < 4.78 is 0. The number of carbonyl (C=O) groups excluding carboxylic acids is 1. The Morgan fingerprint density at radius 2 is 1.86 bits per heavy atom. The predicted molar refractivity (Wildman–Crippen MR) is 56.1 cm³/mol. The summed E-state index contributed by atoms with van der Waals surface area (Å²) in [5, 5.41) is 0. The number of hydrogen-bond donors (Lipinski definition) is 0. The van der Waals surface area contributed by atoms with Gasteiger partial charge in [-0.05, 0) is 12.5 Å². The lowest BCUT2D eigenvalue weighted by Crippen LogP contribution is -2.14. The van der Waals surface area contributed by atoms with E-state index in [1.807, 2.05) is 37.3 Å². The minimum Gasteiger partial charge on any atom is -0.244 e. The lowest BCUT2D eigenvalue weighted by atomic mass is 10.0. The van der Waals surface area contributed by atoms with E-state index in [1.54, 1.807) is 0 Å². The zero-order valence-corrected chi connectivity index (χ0v) is 7.90. The van der Waals surface area contributed by atoms with Gasteiger partial charge < -0.3 is 0 Å². The Bertz CT molecular complexity index is 418. The molecule has 0 atom stereocenters. The van der Waals surface area contributed by atoms with Crippen LogP contribution in [0.25, 0.3) is 0 Å². The van der Waals surface area contributed by atoms with Gasteiger partial charge in [0.05, 0.1) is 5.71 Å². The van der Waals surface area contributed by atoms with Crippen molar-refractivity contribution in [2.45, 2.75) is 13.3 Å². The Kier molecular flexibility index (Phi) is 2.23. The quantitative estimate of drug-likeness (QED) is 0.664. The number of benzene rings is 1. The summed E-state index contributed by atoms with van der Waals surface area (Å²) in [6.45, 7) is 1.84. The monoisotopic (exact) mass is 186 g/mol. The molecule has 3 nitrogen and oxygen atoms in total. The highest BCUT2D eigenvalue weighted by molar-refractivity contribution is 6.19. The molecule has 0 saturated carbocycles. The normalized spacial score (nSPS) is 16.2. The molecular weight excluding hydrogens is 176 g/mol. The van der Waals surface area contributed by atoms with Crippen molar-refractivity contribution in [3.8, 4) is 0 Å². The highest BCUT2D eigenvalue weighted by Gasteiger charge is 2.12. The maximum atomic E-state index is 11.1. The minimum atomic E-state index is -0.396. The zero-order chi connectivity index (χ0) is 9.97. The van der Waals surface area contributed by atoms with Crippen LogP contribution in [-0.2, 0) is 0 Å². The molecule has 0 spiro atoms. The molecule has 0 radical (unpaired) electrons. The fourth-order valence-electron chi connectivity index (χ4n) is 1.42. The van der Waals surface area contributed by atoms with Gasteiger partial charge >= 0.3 is 6.03 Å². The minimum absolute atomic E-state index is 0.396. The Hall–Kier alpha value is -1.77. The zero-order valence-electron chi connectivity index (χ0n) is 7.90. The second-order valence-electron chi connectivity index (χ2n) is 3.23. The van der Waals surface area contributed by atoms with E-state index in [2.05, 4.69) is 9.98 Å². The molecule has 0 bridgehead atoms. The molecule has 3 heteroatoms. The van der Waals surface area contributed by atoms with Crippen LogP contribution >= 0.6 is 0 Å². The fraction of sp³-hybridized carbons (Fsp3) is 0.182. The molecule has 2 rings (SSSR count). The van der Waals surface area contributed by atoms with Crippen LogP contribution in [0.15, 0.2) is 40.3 Å². The van der Waals surface area contributed by atoms with Crippen molar-refractivity contribution in [3.63, 3.8) is 0 Å². The van der Waals surface area contributed by atoms with E-state index in [-0.39, 0.29) is 0 Å². The molecule has 2 amide bonds. The van der Waals surface area contributed by atoms with Crippen molar-refractivity contribution < 1.29 is 4.79 Å². The van der Waals surface area contributed by atoms with E-state index in [0.29, 0.717) is 6.42 Å². The van der Waals surface area contributed by atoms with Gasteiger partial charge in [-0.1, -0.05) is 30.3 Å². The standard InChI is InChI=1S/C11H10N2O/c1-8-7-10(13-11(14)12-8)9-5-3-2-4-6-9/h2-6H,7H2,1H3. The smallest absolute Gasteiger partial charge is 0.244 e. The van der Waals surface area contributed by atoms with Gasteiger partial charge in [-0.2, -0.15) is 4.99 Å². The molecule has 14 heavy (non-hydrogen) atoms. The first kappa shape index (κ1) is 8.81. The Balaban J connectivity index is 2.34. The molecule has 1 aromatic rings. The Morgan fingerprint density at radius 3 is 2.50 bits per heavy atom. The van der Waals surface area contributed by atoms with Crippen LogP contribution < -0.4 is 0 Å². The predicted octanol–water partition coefficient (Wildman–Crippen LogP) is 2.46. The van der Waals surface area contributed by atoms with Crippen LogP contribution in [0.3, 0.4) is 0 Å². The number of hydrogen-bond acceptors (Lipinski definition) is 1. The topological polar surface area (TPSA) is 41.8 Å². The van der Waals surface area contributed by atoms with Gasteiger partial charge in [-0.25, -0.2) is 9.79 Å². The molecule has 0 N–H and O–H groups in total. The Labute approximate surface area is 82.2 Å². The van der Waals surface area contributed by atoms with Crippen LogP contribution in [0, 0.1) is 0 Å². The lowest BCUT2D eigenvalue weighted by Gasteiger charge is -2.09. The second-order valence-corrected chi connectivity index (χ2v) is 3.23. The third-order valence-electron chi connectivity index (χ3n) is 2.05. The lowest BCUT2D eigenvalue weighted by molar-refractivity contribution is 0.257. The van der Waals surface area contributed by atoms with Crippen LogP contribution in [-0.4, -0.2) is 17.5 Å². The fourth-order valence-corrected chi connectivity index (χ4v) is 1.42. The molecule has 1 aliphatic rings. The van der Waals surface area contributed by atoms with Gasteiger partial charge in [0.2, 0.25) is 0 Å². The molecular formula is C11H10N2O. The van der Waals surface area contributed by atoms with E-state index in [0.717, 1.165) is 17.0 Å². The first-order valence-corrected chi connectivity index (χ1v) is 4.47. The van der Waals surface area contributed by atoms with Gasteiger partial charge in [0.1, 0.15) is 0 Å². The van der Waals surface area contributed by atoms with Crippen molar-refractivity contribution in [3.05, 3.63) is 35.9 Å². The van der Waals surface area contributed by atoms with E-state index in [1.165, 1.54) is 0 Å². The van der Waals surface area contributed by atoms with Crippen LogP contribution in [0.5, 0.6) is 0 Å². The SMILES string of the molecule is CC1=NC(=O)N=C(c2ccccc2)C1. The molecule has 0 unspecified atom stereocenters. The summed E-state index contributed by atoms with van der Waals surface area (Å²) in [6.07, 6.45) is 0.662. The summed E-state index contributed by atoms with van der Waals surface area (Å²) in [4.78, 5) is 18.7. The summed E-state index contributed by atoms with van der Waals surface area (Å²) in [6, 6.07) is 9.31. The molecule has 0 fully saturated rings. The average Bonchev–Trinajstić information content (AvgIpc) is 2.18. The average molecular weight is 186 g/mol. The van der Waals surface area contributed by atoms with Crippen molar-refractivity contribution in [2.24, 2.45) is 9.98 Å². The Morgan fingerprint density at radius 1 is 1.14 bits per heavy atom. The van der Waals surface area contributed by atoms with Gasteiger partial charge in [0, 0.05) is 12.1 Å². The van der Waals surface area contributed by atoms with E-state index < -0.39 is 6.03 Å². The van der Waals surface area contributed by atoms with E-state index in [9.17, 15) is 4.79 Å². The third kappa shape index (κ3) is 1.76. The molecule has 0 saturated heterocycles. The highest BCUT2D eigenvalue weighted by Crippen LogP contribution is 2.10. The number of urea groups is 1. The van der Waals surface area contributed by atoms with Crippen molar-refractivity contribution >= 4 is 17.5 Å². The maximum Gasteiger partial charge on any atom is 0.367 e. The molecule has 0 aromatic heterocycles. The molecule has 0 aliphatic carbocycles. The first-order valence-electron chi connectivity index (χ1n) is 4.47. The number of rotatable bonds is 1. The largest absolute Gasteiger partial charge is 0.367 e. The number of carbonyl (C=O) groups is 1. The van der Waals surface area contributed by atoms with Gasteiger partial charge in [0.25, 0.3) is 0 Å². The number of aliphatic imine (C=N–C) groups is 2. The van der Waals surface area contributed by atoms with Crippen LogP contribution in [0.2, 0.25) is 0 Å². The van der Waals surface area contributed by atoms with Crippen molar-refractivity contribution in [2.75, 3.05) is 0 Å². The molecule has 1 aliphatic heterocycles. The third-order valence-corrected chi connectivity index (χ3v) is 2.05. The first-order chi connectivity index (χ1) is 6.75. The van der Waals surface area contributed by atoms with Gasteiger partial charge in [0.15, 0.2) is 0 Å². The molecule has 70 valence electrons. The number of amides is 2. The van der Waals surface area contributed by atoms with Crippen molar-refractivity contribution in [1.82, 2.24) is 0 Å². The van der Waals surface area contributed by atoms with Gasteiger partial charge in [-0.15, -0.1) is 0 Å². The number of nitrogens with zero attached hydrogens (tertiary/aromatic N) is 2. The summed E-state index contributed by atoms with van der Waals surface area (Å²) >= 11 is 0. The van der Waals surface area contributed by atoms with Gasteiger partial charge in [-0.3, -0.25) is 0 Å². The highest BCUT2D eigenvalue weighted by atomic mass is 16.2. The summed E-state index contributed by atoms with van der Waals surface area (Å²) in [7, 11) is 0. The van der Waals surface area contributed by atoms with E-state index >= 15 is 0 Å². The molecule has 1 heterocycles. The van der Waals surface area contributed by atoms with Crippen molar-refractivity contribution in [1.29, 1.82) is 0 Å².